The maximum atomic E-state index is 12.4. The zero-order valence-electron chi connectivity index (χ0n) is 17.8. The van der Waals surface area contributed by atoms with E-state index in [0.29, 0.717) is 18.7 Å². The van der Waals surface area contributed by atoms with Crippen LogP contribution in [0.3, 0.4) is 0 Å². The van der Waals surface area contributed by atoms with E-state index < -0.39 is 0 Å². The topological polar surface area (TPSA) is 61.9 Å². The van der Waals surface area contributed by atoms with E-state index in [1.807, 2.05) is 48.5 Å². The predicted octanol–water partition coefficient (Wildman–Crippen LogP) is 3.25. The Morgan fingerprint density at radius 1 is 0.966 bits per heavy atom. The molecular formula is C23H31N3O3. The van der Waals surface area contributed by atoms with Crippen LogP contribution in [0.2, 0.25) is 0 Å². The van der Waals surface area contributed by atoms with Crippen molar-refractivity contribution in [2.45, 2.75) is 27.2 Å². The van der Waals surface area contributed by atoms with Gasteiger partial charge in [-0.2, -0.15) is 0 Å². The normalized spacial score (nSPS) is 10.3. The number of anilines is 2. The van der Waals surface area contributed by atoms with Gasteiger partial charge >= 0.3 is 0 Å². The number of carbonyl (C=O) groups is 2. The van der Waals surface area contributed by atoms with Gasteiger partial charge in [-0.1, -0.05) is 18.2 Å². The number of nitrogens with zero attached hydrogens (tertiary/aromatic N) is 2. The Morgan fingerprint density at radius 2 is 1.59 bits per heavy atom. The summed E-state index contributed by atoms with van der Waals surface area (Å²) in [6.45, 7) is 7.99. The van der Waals surface area contributed by atoms with Crippen LogP contribution < -0.4 is 19.9 Å². The third kappa shape index (κ3) is 6.24. The van der Waals surface area contributed by atoms with E-state index in [4.69, 9.17) is 4.74 Å². The molecule has 0 aliphatic rings. The molecular weight excluding hydrogens is 366 g/mol. The lowest BCUT2D eigenvalue weighted by Crippen LogP contribution is -2.40. The van der Waals surface area contributed by atoms with Gasteiger partial charge in [-0.3, -0.25) is 9.59 Å². The number of benzene rings is 2. The number of carbonyl (C=O) groups excluding carboxylic acids is 2. The number of nitrogens with one attached hydrogen (secondary N) is 1. The van der Waals surface area contributed by atoms with E-state index in [1.165, 1.54) is 11.8 Å². The fourth-order valence-electron chi connectivity index (χ4n) is 3.26. The molecule has 0 fully saturated rings. The Kier molecular flexibility index (Phi) is 8.52. The van der Waals surface area contributed by atoms with Crippen molar-refractivity contribution in [3.8, 4) is 5.75 Å². The van der Waals surface area contributed by atoms with Gasteiger partial charge in [0.25, 0.3) is 0 Å². The van der Waals surface area contributed by atoms with Crippen LogP contribution in [-0.4, -0.2) is 45.1 Å². The Bertz CT molecular complexity index is 801. The van der Waals surface area contributed by atoms with E-state index in [2.05, 4.69) is 24.1 Å². The zero-order valence-corrected chi connectivity index (χ0v) is 17.8. The minimum absolute atomic E-state index is 0.00806. The lowest BCUT2D eigenvalue weighted by Gasteiger charge is -2.24. The number of ether oxygens (including phenoxy) is 1. The first-order chi connectivity index (χ1) is 14.0. The second kappa shape index (κ2) is 11.1. The fourth-order valence-corrected chi connectivity index (χ4v) is 3.26. The number of amides is 2. The van der Waals surface area contributed by atoms with Gasteiger partial charge in [-0.15, -0.1) is 0 Å². The quantitative estimate of drug-likeness (QED) is 0.669. The van der Waals surface area contributed by atoms with E-state index in [1.54, 1.807) is 7.11 Å². The summed E-state index contributed by atoms with van der Waals surface area (Å²) in [5.74, 6) is 0.448. The summed E-state index contributed by atoms with van der Waals surface area (Å²) in [5, 5.41) is 2.89. The third-order valence-corrected chi connectivity index (χ3v) is 4.88. The van der Waals surface area contributed by atoms with Crippen molar-refractivity contribution in [2.24, 2.45) is 0 Å². The van der Waals surface area contributed by atoms with E-state index in [0.717, 1.165) is 30.1 Å². The van der Waals surface area contributed by atoms with Gasteiger partial charge in [0.1, 0.15) is 12.3 Å². The zero-order chi connectivity index (χ0) is 21.2. The molecule has 0 aliphatic carbocycles. The fraction of sp³-hybridized carbons (Fsp3) is 0.391. The van der Waals surface area contributed by atoms with Crippen molar-refractivity contribution in [2.75, 3.05) is 43.1 Å². The number of hydrogen-bond acceptors (Lipinski definition) is 4. The van der Waals surface area contributed by atoms with Gasteiger partial charge in [-0.05, 0) is 56.2 Å². The highest BCUT2D eigenvalue weighted by Crippen LogP contribution is 2.21. The van der Waals surface area contributed by atoms with E-state index >= 15 is 0 Å². The molecule has 0 aliphatic heterocycles. The summed E-state index contributed by atoms with van der Waals surface area (Å²) >= 11 is 0. The molecule has 0 heterocycles. The van der Waals surface area contributed by atoms with Gasteiger partial charge in [0.2, 0.25) is 11.8 Å². The first kappa shape index (κ1) is 22.3. The standard InChI is InChI=1S/C23H31N3O3/c1-5-25(6-2)20-11-13-21(14-12-20)26(18(3)27)17-23(28)24-16-15-19-9-7-8-10-22(19)29-4/h7-14H,5-6,15-17H2,1-4H3,(H,24,28). The molecule has 29 heavy (non-hydrogen) atoms. The van der Waals surface area contributed by atoms with E-state index in [9.17, 15) is 9.59 Å². The molecule has 156 valence electrons. The van der Waals surface area contributed by atoms with E-state index in [-0.39, 0.29) is 18.4 Å². The molecule has 0 atom stereocenters. The van der Waals surface area contributed by atoms with Gasteiger partial charge in [0, 0.05) is 37.9 Å². The number of hydrogen-bond donors (Lipinski definition) is 1. The first-order valence-corrected chi connectivity index (χ1v) is 10.0. The van der Waals surface area contributed by atoms with Gasteiger partial charge in [-0.25, -0.2) is 0 Å². The van der Waals surface area contributed by atoms with Gasteiger partial charge in [0.05, 0.1) is 7.11 Å². The first-order valence-electron chi connectivity index (χ1n) is 10.0. The molecule has 0 bridgehead atoms. The van der Waals surface area contributed by atoms with Crippen LogP contribution in [0.15, 0.2) is 48.5 Å². The smallest absolute Gasteiger partial charge is 0.240 e. The Balaban J connectivity index is 1.96. The summed E-state index contributed by atoms with van der Waals surface area (Å²) in [6, 6.07) is 15.5. The maximum Gasteiger partial charge on any atom is 0.240 e. The summed E-state index contributed by atoms with van der Waals surface area (Å²) in [4.78, 5) is 28.2. The van der Waals surface area contributed by atoms with Crippen LogP contribution in [-0.2, 0) is 16.0 Å². The molecule has 0 saturated carbocycles. The minimum Gasteiger partial charge on any atom is -0.496 e. The lowest BCUT2D eigenvalue weighted by atomic mass is 10.1. The van der Waals surface area contributed by atoms with Crippen molar-refractivity contribution in [3.05, 3.63) is 54.1 Å². The second-order valence-corrected chi connectivity index (χ2v) is 6.71. The third-order valence-electron chi connectivity index (χ3n) is 4.88. The Hall–Kier alpha value is -3.02. The summed E-state index contributed by atoms with van der Waals surface area (Å²) in [5.41, 5.74) is 2.85. The van der Waals surface area contributed by atoms with Gasteiger partial charge < -0.3 is 19.9 Å². The molecule has 0 spiro atoms. The SMILES string of the molecule is CCN(CC)c1ccc(N(CC(=O)NCCc2ccccc2OC)C(C)=O)cc1. The second-order valence-electron chi connectivity index (χ2n) is 6.71. The highest BCUT2D eigenvalue weighted by molar-refractivity contribution is 5.97. The van der Waals surface area contributed by atoms with Crippen LogP contribution in [0, 0.1) is 0 Å². The summed E-state index contributed by atoms with van der Waals surface area (Å²) in [7, 11) is 1.63. The lowest BCUT2D eigenvalue weighted by molar-refractivity contribution is -0.123. The molecule has 0 saturated heterocycles. The average Bonchev–Trinajstić information content (AvgIpc) is 2.73. The molecule has 6 heteroatoms. The highest BCUT2D eigenvalue weighted by atomic mass is 16.5. The molecule has 2 aromatic rings. The average molecular weight is 398 g/mol. The molecule has 1 N–H and O–H groups in total. The molecule has 0 aromatic heterocycles. The number of rotatable bonds is 10. The number of methoxy groups -OCH3 is 1. The molecule has 2 rings (SSSR count). The van der Waals surface area contributed by atoms with Crippen molar-refractivity contribution in [3.63, 3.8) is 0 Å². The Labute approximate surface area is 173 Å². The summed E-state index contributed by atoms with van der Waals surface area (Å²) < 4.78 is 5.33. The van der Waals surface area contributed by atoms with Crippen LogP contribution in [0.1, 0.15) is 26.3 Å². The van der Waals surface area contributed by atoms with Crippen molar-refractivity contribution in [1.82, 2.24) is 5.32 Å². The maximum absolute atomic E-state index is 12.4. The summed E-state index contributed by atoms with van der Waals surface area (Å²) in [6.07, 6.45) is 0.661. The van der Waals surface area contributed by atoms with Crippen LogP contribution in [0.25, 0.3) is 0 Å². The molecule has 0 radical (unpaired) electrons. The molecule has 0 unspecified atom stereocenters. The minimum atomic E-state index is -0.192. The molecule has 2 aromatic carbocycles. The van der Waals surface area contributed by atoms with Crippen molar-refractivity contribution >= 4 is 23.2 Å². The van der Waals surface area contributed by atoms with Gasteiger partial charge in [0.15, 0.2) is 0 Å². The number of para-hydroxylation sites is 1. The largest absolute Gasteiger partial charge is 0.496 e. The van der Waals surface area contributed by atoms with Crippen molar-refractivity contribution in [1.29, 1.82) is 0 Å². The monoisotopic (exact) mass is 397 g/mol. The predicted molar refractivity (Wildman–Crippen MR) is 118 cm³/mol. The van der Waals surface area contributed by atoms with Crippen molar-refractivity contribution < 1.29 is 14.3 Å². The molecule has 2 amide bonds. The molecule has 6 nitrogen and oxygen atoms in total. The van der Waals surface area contributed by atoms with Crippen LogP contribution in [0.5, 0.6) is 5.75 Å². The van der Waals surface area contributed by atoms with Crippen LogP contribution >= 0.6 is 0 Å². The van der Waals surface area contributed by atoms with Crippen LogP contribution in [0.4, 0.5) is 11.4 Å². The highest BCUT2D eigenvalue weighted by Gasteiger charge is 2.16. The Morgan fingerprint density at radius 3 is 2.17 bits per heavy atom.